The van der Waals surface area contributed by atoms with Gasteiger partial charge in [-0.15, -0.1) is 0 Å². The molecule has 1 radical (unpaired) electrons. The number of nitrogens with one attached hydrogen (secondary N) is 1. The third-order valence-corrected chi connectivity index (χ3v) is 7.51. The molecule has 9 heteroatoms. The molecule has 171 valence electrons. The first-order valence-electron chi connectivity index (χ1n) is 10.6. The Hall–Kier alpha value is -2.68. The van der Waals surface area contributed by atoms with E-state index in [1.54, 1.807) is 36.4 Å². The summed E-state index contributed by atoms with van der Waals surface area (Å²) in [6.07, 6.45) is 0. The molecule has 1 N–H and O–H groups in total. The Morgan fingerprint density at radius 2 is 1.69 bits per heavy atom. The Bertz CT molecular complexity index is 1680. The van der Waals surface area contributed by atoms with Crippen LogP contribution in [0.5, 0.6) is 0 Å². The predicted octanol–water partition coefficient (Wildman–Crippen LogP) is 4.94. The molecular weight excluding hydrogens is 493 g/mol. The van der Waals surface area contributed by atoms with Gasteiger partial charge in [-0.1, -0.05) is 66.2 Å². The molecule has 1 amide bonds. The monoisotopic (exact) mass is 512 g/mol. The summed E-state index contributed by atoms with van der Waals surface area (Å²) in [4.78, 5) is 17.6. The number of amides is 1. The first kappa shape index (κ1) is 25.4. The molecule has 1 aromatic heterocycles. The molecule has 0 bridgehead atoms. The average Bonchev–Trinajstić information content (AvgIpc) is 3.14. The molecule has 5 aromatic rings. The van der Waals surface area contributed by atoms with Gasteiger partial charge in [0.05, 0.1) is 22.5 Å². The zero-order chi connectivity index (χ0) is 23.9. The van der Waals surface area contributed by atoms with Gasteiger partial charge in [-0.25, -0.2) is 18.1 Å². The molecule has 35 heavy (non-hydrogen) atoms. The summed E-state index contributed by atoms with van der Waals surface area (Å²) in [5.41, 5.74) is 2.56. The fraction of sp³-hybridized carbons (Fsp3) is 0.0769. The van der Waals surface area contributed by atoms with E-state index in [1.807, 2.05) is 54.0 Å². The number of fused-ring (bicyclic) bond motifs is 2. The molecule has 0 aliphatic rings. The van der Waals surface area contributed by atoms with E-state index >= 15 is 0 Å². The summed E-state index contributed by atoms with van der Waals surface area (Å²) >= 11 is 6.33. The Labute approximate surface area is 230 Å². The fourth-order valence-corrected chi connectivity index (χ4v) is 5.45. The number of aromatic nitrogens is 2. The number of hydrogen-bond acceptors (Lipinski definition) is 4. The van der Waals surface area contributed by atoms with Crippen molar-refractivity contribution in [2.45, 2.75) is 18.4 Å². The molecule has 0 saturated heterocycles. The summed E-state index contributed by atoms with van der Waals surface area (Å²) in [7, 11) is -4.09. The van der Waals surface area contributed by atoms with Crippen LogP contribution in [0.25, 0.3) is 21.8 Å². The van der Waals surface area contributed by atoms with Crippen molar-refractivity contribution < 1.29 is 13.2 Å². The number of benzene rings is 4. The van der Waals surface area contributed by atoms with Gasteiger partial charge in [0.15, 0.2) is 0 Å². The number of carbonyl (C=O) groups excluding carboxylic acids is 1. The van der Waals surface area contributed by atoms with Crippen molar-refractivity contribution in [2.24, 2.45) is 0 Å². The van der Waals surface area contributed by atoms with Crippen LogP contribution in [0.3, 0.4) is 0 Å². The van der Waals surface area contributed by atoms with Crippen molar-refractivity contribution in [3.63, 3.8) is 0 Å². The quantitative estimate of drug-likeness (QED) is 0.338. The smallest absolute Gasteiger partial charge is 0.265 e. The first-order chi connectivity index (χ1) is 16.3. The Balaban J connectivity index is 0.00000289. The van der Waals surface area contributed by atoms with Crippen molar-refractivity contribution in [1.29, 1.82) is 0 Å². The third kappa shape index (κ3) is 5.01. The summed E-state index contributed by atoms with van der Waals surface area (Å²) in [6.45, 7) is 2.35. The SMILES string of the molecule is Cc1nc2ccc(C(=O)NS(=O)(=O)c3cccc4ccccc34)cc2n1Cc1ccccc1Cl.[Na]. The van der Waals surface area contributed by atoms with Crippen LogP contribution in [0.1, 0.15) is 21.7 Å². The standard InChI is InChI=1S/C26H20ClN3O3S.Na/c1-17-28-23-14-13-19(15-24(23)30(17)16-20-8-3-5-11-22(20)27)26(31)29-34(32,33)25-12-6-9-18-7-2-4-10-21(18)25;/h2-15H,16H2,1H3,(H,29,31);. The molecule has 4 aromatic carbocycles. The molecule has 1 heterocycles. The van der Waals surface area contributed by atoms with Crippen molar-refractivity contribution in [1.82, 2.24) is 14.3 Å². The zero-order valence-electron chi connectivity index (χ0n) is 19.2. The van der Waals surface area contributed by atoms with E-state index in [0.29, 0.717) is 28.0 Å². The van der Waals surface area contributed by atoms with E-state index in [4.69, 9.17) is 11.6 Å². The number of sulfonamides is 1. The minimum absolute atomic E-state index is 0. The van der Waals surface area contributed by atoms with Gasteiger partial charge in [0.25, 0.3) is 15.9 Å². The molecule has 0 fully saturated rings. The van der Waals surface area contributed by atoms with Crippen molar-refractivity contribution in [3.05, 3.63) is 107 Å². The maximum Gasteiger partial charge on any atom is 0.265 e. The maximum atomic E-state index is 13.1. The summed E-state index contributed by atoms with van der Waals surface area (Å²) in [6, 6.07) is 24.6. The molecule has 5 rings (SSSR count). The number of nitrogens with zero attached hydrogens (tertiary/aromatic N) is 2. The number of rotatable bonds is 5. The second-order valence-corrected chi connectivity index (χ2v) is 10.0. The van der Waals surface area contributed by atoms with Gasteiger partial charge in [-0.2, -0.15) is 0 Å². The number of carbonyl (C=O) groups is 1. The van der Waals surface area contributed by atoms with Crippen molar-refractivity contribution in [3.8, 4) is 0 Å². The van der Waals surface area contributed by atoms with Crippen LogP contribution in [0, 0.1) is 6.92 Å². The van der Waals surface area contributed by atoms with Crippen LogP contribution in [0.4, 0.5) is 0 Å². The molecule has 0 aliphatic heterocycles. The predicted molar refractivity (Wildman–Crippen MR) is 139 cm³/mol. The van der Waals surface area contributed by atoms with Crippen LogP contribution < -0.4 is 4.72 Å². The van der Waals surface area contributed by atoms with Crippen LogP contribution in [0.2, 0.25) is 5.02 Å². The molecular formula is C26H20ClN3NaO3S. The molecule has 0 atom stereocenters. The zero-order valence-corrected chi connectivity index (χ0v) is 22.8. The van der Waals surface area contributed by atoms with Crippen LogP contribution >= 0.6 is 11.6 Å². The van der Waals surface area contributed by atoms with Gasteiger partial charge in [0.1, 0.15) is 5.82 Å². The molecule has 0 unspecified atom stereocenters. The van der Waals surface area contributed by atoms with Crippen molar-refractivity contribution in [2.75, 3.05) is 0 Å². The van der Waals surface area contributed by atoms with E-state index in [2.05, 4.69) is 9.71 Å². The topological polar surface area (TPSA) is 81.1 Å². The van der Waals surface area contributed by atoms with Gasteiger partial charge in [-0.3, -0.25) is 4.79 Å². The number of hydrogen-bond donors (Lipinski definition) is 1. The summed E-state index contributed by atoms with van der Waals surface area (Å²) < 4.78 is 30.3. The summed E-state index contributed by atoms with van der Waals surface area (Å²) in [5, 5.41) is 1.96. The minimum Gasteiger partial charge on any atom is -0.324 e. The number of aryl methyl sites for hydroxylation is 1. The van der Waals surface area contributed by atoms with Gasteiger partial charge in [0.2, 0.25) is 0 Å². The Morgan fingerprint density at radius 3 is 2.49 bits per heavy atom. The number of imidazole rings is 1. The molecule has 0 aliphatic carbocycles. The molecule has 0 saturated carbocycles. The molecule has 0 spiro atoms. The van der Waals surface area contributed by atoms with Gasteiger partial charge >= 0.3 is 0 Å². The number of halogens is 1. The van der Waals surface area contributed by atoms with Crippen LogP contribution in [-0.2, 0) is 16.6 Å². The van der Waals surface area contributed by atoms with Gasteiger partial charge < -0.3 is 4.57 Å². The van der Waals surface area contributed by atoms with E-state index in [0.717, 1.165) is 16.8 Å². The largest absolute Gasteiger partial charge is 0.324 e. The van der Waals surface area contributed by atoms with Gasteiger partial charge in [-0.05, 0) is 48.2 Å². The third-order valence-electron chi connectivity index (χ3n) is 5.75. The first-order valence-corrected chi connectivity index (χ1v) is 12.4. The van der Waals surface area contributed by atoms with E-state index in [1.165, 1.54) is 6.07 Å². The molecule has 6 nitrogen and oxygen atoms in total. The van der Waals surface area contributed by atoms with Crippen molar-refractivity contribution >= 4 is 78.9 Å². The normalized spacial score (nSPS) is 11.4. The van der Waals surface area contributed by atoms with Gasteiger partial charge in [0, 0.05) is 45.5 Å². The van der Waals surface area contributed by atoms with Crippen LogP contribution in [0.15, 0.2) is 89.8 Å². The Morgan fingerprint density at radius 1 is 0.971 bits per heavy atom. The summed E-state index contributed by atoms with van der Waals surface area (Å²) in [5.74, 6) is 0.0498. The second-order valence-electron chi connectivity index (χ2n) is 7.95. The average molecular weight is 513 g/mol. The second kappa shape index (κ2) is 10.1. The maximum absolute atomic E-state index is 13.1. The van der Waals surface area contributed by atoms with E-state index < -0.39 is 15.9 Å². The minimum atomic E-state index is -4.09. The van der Waals surface area contributed by atoms with Crippen LogP contribution in [-0.4, -0.2) is 53.4 Å². The van der Waals surface area contributed by atoms with E-state index in [9.17, 15) is 13.2 Å². The van der Waals surface area contributed by atoms with E-state index in [-0.39, 0.29) is 40.0 Å². The fourth-order valence-electron chi connectivity index (χ4n) is 4.05. The Kier molecular flexibility index (Phi) is 7.35.